The van der Waals surface area contributed by atoms with Crippen LogP contribution in [0.5, 0.6) is 0 Å². The summed E-state index contributed by atoms with van der Waals surface area (Å²) in [6.45, 7) is 11.0. The lowest BCUT2D eigenvalue weighted by molar-refractivity contribution is 0.00340. The first-order chi connectivity index (χ1) is 22.5. The number of fused-ring (bicyclic) bond motifs is 2. The quantitative estimate of drug-likeness (QED) is 0.282. The summed E-state index contributed by atoms with van der Waals surface area (Å²) in [5.74, 6) is -2.19. The molecule has 2 N–H and O–H groups in total. The van der Waals surface area contributed by atoms with Gasteiger partial charge in [0.25, 0.3) is 5.91 Å². The molecule has 254 valence electrons. The molecule has 0 bridgehead atoms. The Balaban J connectivity index is 1.43. The number of ether oxygens (including phenoxy) is 2. The van der Waals surface area contributed by atoms with Crippen LogP contribution < -0.4 is 15.8 Å². The van der Waals surface area contributed by atoms with E-state index in [9.17, 15) is 19.6 Å². The van der Waals surface area contributed by atoms with E-state index in [4.69, 9.17) is 9.47 Å². The molecule has 0 spiro atoms. The Morgan fingerprint density at radius 3 is 2.42 bits per heavy atom. The number of hydrogen-bond acceptors (Lipinski definition) is 9. The number of piperazine rings is 1. The van der Waals surface area contributed by atoms with Crippen molar-refractivity contribution in [2.75, 3.05) is 36.5 Å². The third kappa shape index (κ3) is 5.99. The van der Waals surface area contributed by atoms with Crippen molar-refractivity contribution in [2.45, 2.75) is 71.5 Å². The SMILES string of the molecule is CC(C)(C)OC(=O)Nc1sc2c(F)ccc(-c3c(F)cc4c5c3C(F)NN5CC[C@@H]3CN(C(=O)OC(C)(C)C)CCN3C4=O)c2c1C#N. The van der Waals surface area contributed by atoms with Crippen molar-refractivity contribution in [3.05, 3.63) is 46.5 Å². The maximum absolute atomic E-state index is 16.4. The van der Waals surface area contributed by atoms with Crippen LogP contribution in [0, 0.1) is 23.0 Å². The topological polar surface area (TPSA) is 127 Å². The fourth-order valence-corrected chi connectivity index (χ4v) is 7.41. The molecule has 2 aromatic carbocycles. The number of halogens is 3. The van der Waals surface area contributed by atoms with Gasteiger partial charge >= 0.3 is 12.2 Å². The number of carbonyl (C=O) groups is 3. The van der Waals surface area contributed by atoms with Gasteiger partial charge in [0.2, 0.25) is 0 Å². The van der Waals surface area contributed by atoms with Crippen LogP contribution in [0.1, 0.15) is 75.7 Å². The zero-order valence-electron chi connectivity index (χ0n) is 27.3. The predicted molar refractivity (Wildman–Crippen MR) is 173 cm³/mol. The highest BCUT2D eigenvalue weighted by Crippen LogP contribution is 2.50. The fourth-order valence-electron chi connectivity index (χ4n) is 6.34. The number of carbonyl (C=O) groups excluding carboxylic acids is 3. The molecule has 0 saturated carbocycles. The first-order valence-corrected chi connectivity index (χ1v) is 16.3. The number of amides is 3. The van der Waals surface area contributed by atoms with E-state index < -0.39 is 53.3 Å². The van der Waals surface area contributed by atoms with Crippen molar-refractivity contribution < 1.29 is 37.0 Å². The summed E-state index contributed by atoms with van der Waals surface area (Å²) >= 11 is 0.772. The second kappa shape index (κ2) is 11.9. The van der Waals surface area contributed by atoms with E-state index in [1.54, 1.807) is 46.4 Å². The molecule has 3 aromatic rings. The number of nitriles is 1. The first kappa shape index (κ1) is 33.4. The average Bonchev–Trinajstić information content (AvgIpc) is 3.51. The summed E-state index contributed by atoms with van der Waals surface area (Å²) in [6, 6.07) is 4.93. The van der Waals surface area contributed by atoms with Crippen LogP contribution in [0.2, 0.25) is 0 Å². The van der Waals surface area contributed by atoms with E-state index in [0.717, 1.165) is 23.5 Å². The van der Waals surface area contributed by atoms with Gasteiger partial charge < -0.3 is 24.3 Å². The number of alkyl halides is 1. The van der Waals surface area contributed by atoms with Crippen molar-refractivity contribution in [2.24, 2.45) is 0 Å². The van der Waals surface area contributed by atoms with Crippen LogP contribution in [-0.4, -0.2) is 71.3 Å². The lowest BCUT2D eigenvalue weighted by Gasteiger charge is -2.43. The number of anilines is 2. The molecule has 4 heterocycles. The van der Waals surface area contributed by atoms with Gasteiger partial charge in [0, 0.05) is 42.7 Å². The number of nitrogens with zero attached hydrogens (tertiary/aromatic N) is 4. The third-order valence-corrected chi connectivity index (χ3v) is 9.29. The second-order valence-corrected chi connectivity index (χ2v) is 14.9. The molecular formula is C33H35F3N6O5S. The van der Waals surface area contributed by atoms with Crippen LogP contribution in [0.3, 0.4) is 0 Å². The summed E-state index contributed by atoms with van der Waals surface area (Å²) in [4.78, 5) is 42.5. The number of benzene rings is 2. The number of hydrazine groups is 1. The molecule has 3 aliphatic rings. The molecule has 2 atom stereocenters. The Morgan fingerprint density at radius 1 is 1.04 bits per heavy atom. The van der Waals surface area contributed by atoms with E-state index in [1.807, 2.05) is 6.07 Å². The summed E-state index contributed by atoms with van der Waals surface area (Å²) < 4.78 is 58.4. The van der Waals surface area contributed by atoms with E-state index in [0.29, 0.717) is 6.42 Å². The lowest BCUT2D eigenvalue weighted by atomic mass is 9.90. The number of thiophene rings is 1. The molecule has 0 aliphatic carbocycles. The maximum atomic E-state index is 16.4. The van der Waals surface area contributed by atoms with Crippen LogP contribution in [0.4, 0.5) is 33.4 Å². The van der Waals surface area contributed by atoms with Crippen molar-refractivity contribution in [3.63, 3.8) is 0 Å². The normalized spacial score (nSPS) is 19.3. The molecule has 11 nitrogen and oxygen atoms in total. The molecule has 15 heteroatoms. The van der Waals surface area contributed by atoms with Crippen LogP contribution in [0.15, 0.2) is 18.2 Å². The van der Waals surface area contributed by atoms with Crippen molar-refractivity contribution >= 4 is 50.2 Å². The zero-order valence-corrected chi connectivity index (χ0v) is 28.1. The highest BCUT2D eigenvalue weighted by atomic mass is 32.1. The van der Waals surface area contributed by atoms with Crippen molar-refractivity contribution in [3.8, 4) is 17.2 Å². The highest BCUT2D eigenvalue weighted by molar-refractivity contribution is 7.23. The van der Waals surface area contributed by atoms with Gasteiger partial charge in [0.15, 0.2) is 6.30 Å². The molecule has 3 amide bonds. The van der Waals surface area contributed by atoms with E-state index >= 15 is 13.2 Å². The largest absolute Gasteiger partial charge is 0.444 e. The molecule has 1 aromatic heterocycles. The molecular weight excluding hydrogens is 649 g/mol. The predicted octanol–water partition coefficient (Wildman–Crippen LogP) is 6.82. The van der Waals surface area contributed by atoms with Crippen molar-refractivity contribution in [1.82, 2.24) is 15.2 Å². The Labute approximate surface area is 279 Å². The minimum absolute atomic E-state index is 0.00944. The van der Waals surface area contributed by atoms with Gasteiger partial charge in [-0.1, -0.05) is 6.07 Å². The number of hydrogen-bond donors (Lipinski definition) is 2. The van der Waals surface area contributed by atoms with E-state index in [1.165, 1.54) is 16.0 Å². The second-order valence-electron chi connectivity index (χ2n) is 13.9. The Hall–Kier alpha value is -4.55. The van der Waals surface area contributed by atoms with E-state index in [-0.39, 0.29) is 74.8 Å². The first-order valence-electron chi connectivity index (χ1n) is 15.5. The standard InChI is InChI=1S/C33H35F3N6O5S/c1-32(2,3)46-30(44)38-28-19(14-37)22-17(7-8-20(34)26(22)48-28)23-21(35)13-18-25-24(23)27(36)39-42(25)10-9-16-15-40(11-12-41(16)29(18)43)31(45)47-33(4,5)6/h7-8,13,16,27,39H,9-12,15H2,1-6H3,(H,38,44)/t16-,27?/m1/s1. The van der Waals surface area contributed by atoms with Crippen molar-refractivity contribution in [1.29, 1.82) is 5.26 Å². The summed E-state index contributed by atoms with van der Waals surface area (Å²) in [5, 5.41) is 14.1. The Morgan fingerprint density at radius 2 is 1.75 bits per heavy atom. The molecule has 1 fully saturated rings. The Bertz CT molecular complexity index is 1900. The monoisotopic (exact) mass is 684 g/mol. The van der Waals surface area contributed by atoms with Gasteiger partial charge in [-0.05, 0) is 65.7 Å². The van der Waals surface area contributed by atoms with Gasteiger partial charge in [-0.2, -0.15) is 10.7 Å². The van der Waals surface area contributed by atoms with E-state index in [2.05, 4.69) is 10.7 Å². The Kier molecular flexibility index (Phi) is 8.23. The maximum Gasteiger partial charge on any atom is 0.412 e. The van der Waals surface area contributed by atoms with Gasteiger partial charge in [-0.15, -0.1) is 11.3 Å². The van der Waals surface area contributed by atoms with Gasteiger partial charge in [-0.3, -0.25) is 10.1 Å². The third-order valence-electron chi connectivity index (χ3n) is 8.18. The summed E-state index contributed by atoms with van der Waals surface area (Å²) in [7, 11) is 0. The number of nitrogens with one attached hydrogen (secondary N) is 2. The van der Waals surface area contributed by atoms with Crippen LogP contribution in [0.25, 0.3) is 21.2 Å². The molecule has 1 saturated heterocycles. The molecule has 1 unspecified atom stereocenters. The summed E-state index contributed by atoms with van der Waals surface area (Å²) in [5.41, 5.74) is 0.720. The van der Waals surface area contributed by atoms with Crippen LogP contribution >= 0.6 is 11.3 Å². The minimum atomic E-state index is -1.95. The van der Waals surface area contributed by atoms with Gasteiger partial charge in [0.05, 0.1) is 27.6 Å². The smallest absolute Gasteiger partial charge is 0.412 e. The molecule has 0 radical (unpaired) electrons. The highest BCUT2D eigenvalue weighted by Gasteiger charge is 2.43. The van der Waals surface area contributed by atoms with Crippen LogP contribution in [-0.2, 0) is 9.47 Å². The van der Waals surface area contributed by atoms with Gasteiger partial charge in [0.1, 0.15) is 33.9 Å². The molecule has 48 heavy (non-hydrogen) atoms. The van der Waals surface area contributed by atoms with Gasteiger partial charge in [-0.25, -0.2) is 22.8 Å². The zero-order chi connectivity index (χ0) is 34.9. The molecule has 3 aliphatic heterocycles. The lowest BCUT2D eigenvalue weighted by Crippen LogP contribution is -2.58. The number of rotatable bonds is 2. The minimum Gasteiger partial charge on any atom is -0.444 e. The average molecular weight is 685 g/mol. The molecule has 6 rings (SSSR count). The summed E-state index contributed by atoms with van der Waals surface area (Å²) in [6.07, 6.45) is -2.96. The fraction of sp³-hybridized carbons (Fsp3) is 0.455.